The van der Waals surface area contributed by atoms with Crippen molar-refractivity contribution in [2.24, 2.45) is 0 Å². The van der Waals surface area contributed by atoms with Gasteiger partial charge in [0, 0.05) is 0 Å². The Kier molecular flexibility index (Phi) is 7.74. The summed E-state index contributed by atoms with van der Waals surface area (Å²) >= 11 is 0. The number of para-hydroxylation sites is 1. The van der Waals surface area contributed by atoms with E-state index in [2.05, 4.69) is 27.1 Å². The summed E-state index contributed by atoms with van der Waals surface area (Å²) in [5, 5.41) is 1.03. The zero-order chi connectivity index (χ0) is 25.0. The van der Waals surface area contributed by atoms with Crippen molar-refractivity contribution in [1.82, 2.24) is 19.3 Å². The fourth-order valence-corrected chi connectivity index (χ4v) is 5.67. The van der Waals surface area contributed by atoms with Crippen LogP contribution in [0.25, 0.3) is 21.9 Å². The van der Waals surface area contributed by atoms with Crippen LogP contribution in [0.1, 0.15) is 24.2 Å². The second-order valence-corrected chi connectivity index (χ2v) is 10.6. The van der Waals surface area contributed by atoms with Crippen LogP contribution in [0.15, 0.2) is 47.4 Å². The molecule has 0 aliphatic carbocycles. The number of rotatable bonds is 11. The second-order valence-electron chi connectivity index (χ2n) is 8.56. The molecule has 10 heteroatoms. The number of benzene rings is 2. The summed E-state index contributed by atoms with van der Waals surface area (Å²) in [4.78, 5) is 9.93. The molecular formula is C25H32BN5O3S. The Labute approximate surface area is 207 Å². The van der Waals surface area contributed by atoms with Gasteiger partial charge in [-0.15, -0.1) is 0 Å². The molecule has 0 fully saturated rings. The molecule has 0 amide bonds. The SMILES string of the molecule is B=S(=O)(NCCCCn1c(CCOC)nc2c(N)nc3ccccc3c21)c1ccc(C)cc1OC. The fraction of sp³-hybridized carbons (Fsp3) is 0.360. The third kappa shape index (κ3) is 5.34. The number of aryl methyl sites for hydroxylation is 2. The topological polar surface area (TPSA) is 104 Å². The first-order chi connectivity index (χ1) is 16.9. The van der Waals surface area contributed by atoms with Crippen LogP contribution in [-0.4, -0.2) is 52.8 Å². The Morgan fingerprint density at radius 2 is 1.94 bits per heavy atom. The first-order valence-corrected chi connectivity index (χ1v) is 13.4. The van der Waals surface area contributed by atoms with Crippen LogP contribution in [0, 0.1) is 6.92 Å². The van der Waals surface area contributed by atoms with Crippen LogP contribution in [0.4, 0.5) is 5.82 Å². The average Bonchev–Trinajstić information content (AvgIpc) is 3.21. The number of hydrogen-bond donors (Lipinski definition) is 2. The van der Waals surface area contributed by atoms with E-state index < -0.39 is 9.55 Å². The summed E-state index contributed by atoms with van der Waals surface area (Å²) in [6, 6.07) is 13.6. The van der Waals surface area contributed by atoms with Crippen LogP contribution in [0.3, 0.4) is 0 Å². The number of anilines is 1. The van der Waals surface area contributed by atoms with Gasteiger partial charge in [-0.3, -0.25) is 0 Å². The number of methoxy groups -OCH3 is 2. The van der Waals surface area contributed by atoms with Gasteiger partial charge < -0.3 is 0 Å². The zero-order valence-corrected chi connectivity index (χ0v) is 21.4. The van der Waals surface area contributed by atoms with Gasteiger partial charge in [-0.25, -0.2) is 0 Å². The number of unbranched alkanes of at least 4 members (excludes halogenated alkanes) is 1. The van der Waals surface area contributed by atoms with Gasteiger partial charge in [0.1, 0.15) is 0 Å². The first-order valence-electron chi connectivity index (χ1n) is 11.6. The molecule has 1 atom stereocenters. The first kappa shape index (κ1) is 25.2. The number of nitrogen functional groups attached to an aromatic ring is 1. The summed E-state index contributed by atoms with van der Waals surface area (Å²) < 4.78 is 29.3. The van der Waals surface area contributed by atoms with Gasteiger partial charge in [0.2, 0.25) is 0 Å². The van der Waals surface area contributed by atoms with Gasteiger partial charge >= 0.3 is 207 Å². The molecule has 0 aliphatic heterocycles. The maximum absolute atomic E-state index is 13.2. The van der Waals surface area contributed by atoms with Gasteiger partial charge in [-0.1, -0.05) is 0 Å². The van der Waals surface area contributed by atoms with E-state index in [9.17, 15) is 4.21 Å². The van der Waals surface area contributed by atoms with Crippen molar-refractivity contribution in [2.75, 3.05) is 33.1 Å². The van der Waals surface area contributed by atoms with Gasteiger partial charge in [-0.2, -0.15) is 0 Å². The normalized spacial score (nSPS) is 13.3. The molecule has 0 aliphatic rings. The standard InChI is InChI=1S/C25H32BN5O3S/c1-17-10-11-21(20(16-17)34-3)35(26,32)28-13-6-7-14-31-22(12-15-33-2)30-23-24(31)18-8-4-5-9-19(18)29-25(23)27/h4-5,8-11,16,26H,6-7,12-15H2,1-3H3,(H2,27,29)(H,28,32). The quantitative estimate of drug-likeness (QED) is 0.246. The number of fused-ring (bicyclic) bond motifs is 3. The van der Waals surface area contributed by atoms with Crippen LogP contribution < -0.4 is 15.2 Å². The van der Waals surface area contributed by atoms with Gasteiger partial charge in [0.05, 0.1) is 0 Å². The molecule has 35 heavy (non-hydrogen) atoms. The molecule has 2 aromatic carbocycles. The molecule has 184 valence electrons. The molecule has 1 unspecified atom stereocenters. The number of pyridine rings is 1. The zero-order valence-electron chi connectivity index (χ0n) is 20.5. The molecule has 4 rings (SSSR count). The number of ether oxygens (including phenoxy) is 2. The molecule has 8 nitrogen and oxygen atoms in total. The van der Waals surface area contributed by atoms with Crippen molar-refractivity contribution in [3.05, 3.63) is 53.9 Å². The van der Waals surface area contributed by atoms with E-state index in [1.807, 2.05) is 43.3 Å². The Balaban J connectivity index is 1.51. The summed E-state index contributed by atoms with van der Waals surface area (Å²) in [5.41, 5.74) is 9.88. The molecular weight excluding hydrogens is 461 g/mol. The molecule has 0 saturated carbocycles. The summed E-state index contributed by atoms with van der Waals surface area (Å²) in [5.74, 6) is 1.94. The Morgan fingerprint density at radius 1 is 1.14 bits per heavy atom. The summed E-state index contributed by atoms with van der Waals surface area (Å²) in [6.07, 6.45) is 2.34. The third-order valence-electron chi connectivity index (χ3n) is 6.04. The third-order valence-corrected chi connectivity index (χ3v) is 7.76. The van der Waals surface area contributed by atoms with Gasteiger partial charge in [0.25, 0.3) is 0 Å². The van der Waals surface area contributed by atoms with Crippen molar-refractivity contribution in [3.8, 4) is 5.75 Å². The molecule has 0 radical (unpaired) electrons. The number of imidazole rings is 1. The van der Waals surface area contributed by atoms with E-state index in [1.54, 1.807) is 14.2 Å². The second kappa shape index (κ2) is 10.8. The molecule has 4 aromatic rings. The summed E-state index contributed by atoms with van der Waals surface area (Å²) in [7, 11) is 0.585. The van der Waals surface area contributed by atoms with E-state index in [0.717, 1.165) is 52.7 Å². The van der Waals surface area contributed by atoms with E-state index in [-0.39, 0.29) is 0 Å². The maximum atomic E-state index is 13.2. The van der Waals surface area contributed by atoms with E-state index in [4.69, 9.17) is 20.2 Å². The van der Waals surface area contributed by atoms with Gasteiger partial charge in [-0.05, 0) is 0 Å². The number of aromatic nitrogens is 3. The molecule has 2 aromatic heterocycles. The van der Waals surface area contributed by atoms with E-state index >= 15 is 0 Å². The predicted octanol–water partition coefficient (Wildman–Crippen LogP) is 3.12. The monoisotopic (exact) mass is 493 g/mol. The number of nitrogens with one attached hydrogen (secondary N) is 1. The fourth-order valence-electron chi connectivity index (χ4n) is 4.29. The molecule has 0 spiro atoms. The Morgan fingerprint density at radius 3 is 2.71 bits per heavy atom. The van der Waals surface area contributed by atoms with Crippen molar-refractivity contribution in [3.63, 3.8) is 0 Å². The van der Waals surface area contributed by atoms with Crippen LogP contribution in [0.5, 0.6) is 5.75 Å². The van der Waals surface area contributed by atoms with E-state index in [1.165, 1.54) is 0 Å². The van der Waals surface area contributed by atoms with Crippen molar-refractivity contribution in [1.29, 1.82) is 0 Å². The minimum atomic E-state index is -2.68. The predicted molar refractivity (Wildman–Crippen MR) is 144 cm³/mol. The van der Waals surface area contributed by atoms with Crippen LogP contribution >= 0.6 is 0 Å². The molecule has 2 heterocycles. The summed E-state index contributed by atoms with van der Waals surface area (Å²) in [6.45, 7) is 7.79. The van der Waals surface area contributed by atoms with Crippen molar-refractivity contribution in [2.45, 2.75) is 37.6 Å². The van der Waals surface area contributed by atoms with E-state index in [0.29, 0.717) is 36.0 Å². The number of nitrogens with two attached hydrogens (primary N) is 1. The van der Waals surface area contributed by atoms with Crippen molar-refractivity contribution >= 4 is 44.0 Å². The molecule has 0 bridgehead atoms. The number of hydrogen-bond acceptors (Lipinski definition) is 6. The minimum absolute atomic E-state index is 0.432. The molecule has 0 saturated heterocycles. The van der Waals surface area contributed by atoms with Crippen LogP contribution in [-0.2, 0) is 27.2 Å². The van der Waals surface area contributed by atoms with Gasteiger partial charge in [0.15, 0.2) is 0 Å². The molecule has 3 N–H and O–H groups in total. The van der Waals surface area contributed by atoms with Crippen LogP contribution in [0.2, 0.25) is 0 Å². The Hall–Kier alpha value is -2.95. The van der Waals surface area contributed by atoms with Crippen molar-refractivity contribution < 1.29 is 13.7 Å². The Bertz CT molecular complexity index is 1450. The number of nitrogens with zero attached hydrogens (tertiary/aromatic N) is 3. The average molecular weight is 493 g/mol.